The van der Waals surface area contributed by atoms with Gasteiger partial charge >= 0.3 is 0 Å². The van der Waals surface area contributed by atoms with Crippen molar-refractivity contribution in [2.24, 2.45) is 0 Å². The summed E-state index contributed by atoms with van der Waals surface area (Å²) in [4.78, 5) is 0. The van der Waals surface area contributed by atoms with E-state index in [9.17, 15) is 0 Å². The monoisotopic (exact) mass is 164 g/mol. The fourth-order valence-electron chi connectivity index (χ4n) is 0. The molecular weight excluding hydrogens is 159 g/mol. The van der Waals surface area contributed by atoms with E-state index in [-0.39, 0.29) is 34.4 Å². The summed E-state index contributed by atoms with van der Waals surface area (Å²) in [5.41, 5.74) is 0. The Morgan fingerprint density at radius 1 is 1.60 bits per heavy atom. The molecule has 0 aliphatic heterocycles. The summed E-state index contributed by atoms with van der Waals surface area (Å²) in [6.45, 7) is 0. The van der Waals surface area contributed by atoms with Crippen LogP contribution in [0, 0.1) is 0 Å². The van der Waals surface area contributed by atoms with E-state index >= 15 is 0 Å². The average Bonchev–Trinajstić information content (AvgIpc) is 0.918. The Morgan fingerprint density at radius 2 is 1.60 bits per heavy atom. The minimum atomic E-state index is 0. The molecule has 0 atom stereocenters. The van der Waals surface area contributed by atoms with Gasteiger partial charge in [0, 0.05) is 34.4 Å². The van der Waals surface area contributed by atoms with Crippen LogP contribution in [0.4, 0.5) is 0 Å². The minimum Gasteiger partial charge on any atom is -0.1000 e. The second kappa shape index (κ2) is 18.4. The third kappa shape index (κ3) is 33.3. The molecule has 0 nitrogen and oxygen atoms in total. The molecule has 0 saturated heterocycles. The van der Waals surface area contributed by atoms with E-state index in [1.54, 1.807) is 0 Å². The summed E-state index contributed by atoms with van der Waals surface area (Å²) in [6, 6.07) is 0. The van der Waals surface area contributed by atoms with Crippen molar-refractivity contribution in [3.05, 3.63) is 0 Å². The molecule has 30 valence electrons. The van der Waals surface area contributed by atoms with Gasteiger partial charge in [-0.15, -0.1) is 0 Å². The van der Waals surface area contributed by atoms with Crippen LogP contribution in [-0.2, 0) is 34.4 Å². The van der Waals surface area contributed by atoms with E-state index < -0.39 is 0 Å². The molecule has 2 radical (unpaired) electrons. The second-order valence-corrected chi connectivity index (χ2v) is 1.22. The van der Waals surface area contributed by atoms with Gasteiger partial charge in [-0.25, -0.2) is 0 Å². The van der Waals surface area contributed by atoms with Crippen molar-refractivity contribution < 1.29 is 34.4 Å². The van der Waals surface area contributed by atoms with Crippen molar-refractivity contribution in [3.8, 4) is 0 Å². The van der Waals surface area contributed by atoms with Crippen molar-refractivity contribution in [1.82, 2.24) is 0 Å². The standard InChI is InChI=1S/CH5BSi.Cr.Fe/c2-1-3;;/h1H2,3H3;;. The summed E-state index contributed by atoms with van der Waals surface area (Å²) >= 11 is 0. The van der Waals surface area contributed by atoms with Gasteiger partial charge in [-0.1, -0.05) is 5.94 Å². The van der Waals surface area contributed by atoms with Gasteiger partial charge in [0.2, 0.25) is 0 Å². The Labute approximate surface area is 58.5 Å². The minimum absolute atomic E-state index is 0. The topological polar surface area (TPSA) is 0 Å². The molecule has 0 aliphatic rings. The second-order valence-electron chi connectivity index (χ2n) is 0.408. The fourth-order valence-corrected chi connectivity index (χ4v) is 0. The maximum Gasteiger partial charge on any atom is 0.0602 e. The zero-order valence-corrected chi connectivity index (χ0v) is 7.43. The van der Waals surface area contributed by atoms with Gasteiger partial charge in [-0.05, 0) is 10.2 Å². The molecule has 0 saturated carbocycles. The van der Waals surface area contributed by atoms with Crippen LogP contribution >= 0.6 is 0 Å². The van der Waals surface area contributed by atoms with Gasteiger partial charge in [0.25, 0.3) is 0 Å². The molecule has 0 aromatic carbocycles. The number of hydrogen-bond donors (Lipinski definition) is 0. The number of rotatable bonds is 0. The van der Waals surface area contributed by atoms with E-state index in [1.165, 1.54) is 0 Å². The summed E-state index contributed by atoms with van der Waals surface area (Å²) in [6.07, 6.45) is 0. The zero-order valence-electron chi connectivity index (χ0n) is 3.05. The predicted octanol–water partition coefficient (Wildman–Crippen LogP) is -1.11. The summed E-state index contributed by atoms with van der Waals surface area (Å²) in [5, 5.41) is 0. The van der Waals surface area contributed by atoms with Crippen molar-refractivity contribution in [2.75, 3.05) is 0 Å². The first-order valence-corrected chi connectivity index (χ1v) is 2.53. The first kappa shape index (κ1) is 16.2. The molecule has 4 heteroatoms. The Balaban J connectivity index is -0.0000000200. The summed E-state index contributed by atoms with van der Waals surface area (Å²) in [7, 11) is 6.06. The molecule has 0 unspecified atom stereocenters. The van der Waals surface area contributed by atoms with Crippen molar-refractivity contribution in [1.29, 1.82) is 0 Å². The zero-order chi connectivity index (χ0) is 2.71. The third-order valence-electron chi connectivity index (χ3n) is 0. The van der Waals surface area contributed by atoms with Crippen molar-refractivity contribution in [2.45, 2.75) is 5.94 Å². The molecule has 0 bridgehead atoms. The van der Waals surface area contributed by atoms with Crippen LogP contribution in [0.2, 0.25) is 5.94 Å². The summed E-state index contributed by atoms with van der Waals surface area (Å²) in [5.74, 6) is 0.889. The van der Waals surface area contributed by atoms with Gasteiger partial charge in [0.1, 0.15) is 0 Å². The van der Waals surface area contributed by atoms with Crippen LogP contribution in [-0.4, -0.2) is 18.1 Å². The van der Waals surface area contributed by atoms with Crippen LogP contribution in [0.15, 0.2) is 0 Å². The molecule has 0 fully saturated rings. The maximum atomic E-state index is 4.91. The molecule has 0 aromatic heterocycles. The van der Waals surface area contributed by atoms with Crippen LogP contribution in [0.1, 0.15) is 0 Å². The number of hydrogen-bond acceptors (Lipinski definition) is 0. The Bertz CT molecular complexity index is 11.6. The van der Waals surface area contributed by atoms with Gasteiger partial charge in [0.15, 0.2) is 0 Å². The fraction of sp³-hybridized carbons (Fsp3) is 1.00. The van der Waals surface area contributed by atoms with Gasteiger partial charge in [-0.3, -0.25) is 0 Å². The van der Waals surface area contributed by atoms with Crippen molar-refractivity contribution >= 4 is 18.1 Å². The van der Waals surface area contributed by atoms with E-state index in [0.717, 1.165) is 16.2 Å². The molecule has 0 heterocycles. The van der Waals surface area contributed by atoms with Crippen molar-refractivity contribution in [3.63, 3.8) is 0 Å². The van der Waals surface area contributed by atoms with Crippen LogP contribution in [0.3, 0.4) is 0 Å². The first-order valence-electron chi connectivity index (χ1n) is 1.12. The summed E-state index contributed by atoms with van der Waals surface area (Å²) < 4.78 is 0. The van der Waals surface area contributed by atoms with Gasteiger partial charge < -0.3 is 0 Å². The first-order chi connectivity index (χ1) is 1.41. The SMILES string of the molecule is [B]C[SiH3].[Cr].[Fe]. The quantitative estimate of drug-likeness (QED) is 0.398. The van der Waals surface area contributed by atoms with E-state index in [0.29, 0.717) is 0 Å². The normalized spacial score (nSPS) is 4.00. The molecule has 0 aromatic rings. The molecule has 5 heavy (non-hydrogen) atoms. The van der Waals surface area contributed by atoms with E-state index in [2.05, 4.69) is 0 Å². The predicted molar refractivity (Wildman–Crippen MR) is 20.5 cm³/mol. The van der Waals surface area contributed by atoms with Crippen LogP contribution in [0.25, 0.3) is 0 Å². The van der Waals surface area contributed by atoms with E-state index in [1.807, 2.05) is 0 Å². The van der Waals surface area contributed by atoms with E-state index in [4.69, 9.17) is 7.85 Å². The van der Waals surface area contributed by atoms with Gasteiger partial charge in [0.05, 0.1) is 7.85 Å². The largest absolute Gasteiger partial charge is 0.1000 e. The van der Waals surface area contributed by atoms with Gasteiger partial charge in [-0.2, -0.15) is 0 Å². The Morgan fingerprint density at radius 3 is 1.60 bits per heavy atom. The molecule has 0 spiro atoms. The Hall–Kier alpha value is 1.33. The third-order valence-corrected chi connectivity index (χ3v) is 0. The smallest absolute Gasteiger partial charge is 0.0602 e. The van der Waals surface area contributed by atoms with Crippen LogP contribution < -0.4 is 0 Å². The molecule has 0 amide bonds. The molecular formula is CH5BCrFeSi. The maximum absolute atomic E-state index is 4.91. The molecule has 0 aliphatic carbocycles. The molecule has 0 rings (SSSR count). The Kier molecular flexibility index (Phi) is 59.6. The van der Waals surface area contributed by atoms with Crippen LogP contribution in [0.5, 0.6) is 0 Å². The molecule has 0 N–H and O–H groups in total. The average molecular weight is 164 g/mol.